The Hall–Kier alpha value is -3.36. The van der Waals surface area contributed by atoms with Crippen LogP contribution in [-0.2, 0) is 23.9 Å². The molecule has 0 aromatic heterocycles. The molecule has 0 bridgehead atoms. The van der Waals surface area contributed by atoms with E-state index < -0.39 is 35.9 Å². The van der Waals surface area contributed by atoms with Crippen molar-refractivity contribution >= 4 is 29.4 Å². The molecule has 1 aromatic carbocycles. The number of esters is 1. The zero-order valence-corrected chi connectivity index (χ0v) is 17.3. The first kappa shape index (κ1) is 20.9. The van der Waals surface area contributed by atoms with Crippen LogP contribution in [0.5, 0.6) is 11.5 Å². The van der Waals surface area contributed by atoms with Gasteiger partial charge in [0.2, 0.25) is 11.8 Å². The minimum atomic E-state index is -1.13. The number of imide groups is 1. The van der Waals surface area contributed by atoms with Crippen molar-refractivity contribution in [3.63, 3.8) is 0 Å². The smallest absolute Gasteiger partial charge is 0.329 e. The SMILES string of the molecule is C[C@H](OC(=O)[C@H](C)N1C(=O)[C@@H]2CC=CC[C@H]2C1=O)C(=O)Nc1ccc2c(c1)OCCO2. The molecule has 1 aliphatic carbocycles. The van der Waals surface area contributed by atoms with Gasteiger partial charge in [-0.2, -0.15) is 0 Å². The molecule has 1 saturated heterocycles. The standard InChI is InChI=1S/C22H24N2O7/c1-12(24-20(26)15-5-3-4-6-16(15)21(24)27)22(28)31-13(2)19(25)23-14-7-8-17-18(11-14)30-10-9-29-17/h3-4,7-8,11-13,15-16H,5-6,9-10H2,1-2H3,(H,23,25)/t12-,13-,15+,16+/m0/s1. The quantitative estimate of drug-likeness (QED) is 0.431. The molecule has 1 N–H and O–H groups in total. The highest BCUT2D eigenvalue weighted by Gasteiger charge is 2.50. The fourth-order valence-electron chi connectivity index (χ4n) is 4.00. The molecule has 4 atom stereocenters. The molecule has 3 aliphatic rings. The molecule has 2 heterocycles. The van der Waals surface area contributed by atoms with Gasteiger partial charge >= 0.3 is 5.97 Å². The highest BCUT2D eigenvalue weighted by Crippen LogP contribution is 2.36. The molecule has 2 aliphatic heterocycles. The zero-order valence-electron chi connectivity index (χ0n) is 17.3. The minimum Gasteiger partial charge on any atom is -0.486 e. The number of rotatable bonds is 5. The number of amides is 3. The molecule has 9 nitrogen and oxygen atoms in total. The van der Waals surface area contributed by atoms with E-state index in [1.165, 1.54) is 13.8 Å². The fraction of sp³-hybridized carbons (Fsp3) is 0.455. The maximum absolute atomic E-state index is 12.6. The number of nitrogens with zero attached hydrogens (tertiary/aromatic N) is 1. The van der Waals surface area contributed by atoms with Gasteiger partial charge in [-0.3, -0.25) is 19.3 Å². The van der Waals surface area contributed by atoms with Gasteiger partial charge in [0.1, 0.15) is 19.3 Å². The second kappa shape index (κ2) is 8.41. The number of nitrogens with one attached hydrogen (secondary N) is 1. The Morgan fingerprint density at radius 3 is 2.29 bits per heavy atom. The lowest BCUT2D eigenvalue weighted by Crippen LogP contribution is -2.46. The number of carbonyl (C=O) groups excluding carboxylic acids is 4. The lowest BCUT2D eigenvalue weighted by atomic mass is 9.85. The molecule has 1 aromatic rings. The Labute approximate surface area is 179 Å². The zero-order chi connectivity index (χ0) is 22.1. The number of hydrogen-bond donors (Lipinski definition) is 1. The molecule has 0 saturated carbocycles. The van der Waals surface area contributed by atoms with Crippen molar-refractivity contribution in [2.45, 2.75) is 38.8 Å². The second-order valence-electron chi connectivity index (χ2n) is 7.81. The van der Waals surface area contributed by atoms with E-state index in [4.69, 9.17) is 14.2 Å². The average molecular weight is 428 g/mol. The van der Waals surface area contributed by atoms with Gasteiger partial charge in [0.05, 0.1) is 11.8 Å². The predicted molar refractivity (Wildman–Crippen MR) is 108 cm³/mol. The molecule has 1 fully saturated rings. The number of benzene rings is 1. The minimum absolute atomic E-state index is 0.364. The Morgan fingerprint density at radius 2 is 1.65 bits per heavy atom. The topological polar surface area (TPSA) is 111 Å². The molecule has 0 spiro atoms. The molecule has 3 amide bonds. The van der Waals surface area contributed by atoms with Crippen molar-refractivity contribution in [1.82, 2.24) is 4.90 Å². The van der Waals surface area contributed by atoms with E-state index in [0.29, 0.717) is 43.2 Å². The van der Waals surface area contributed by atoms with Crippen LogP contribution in [0.3, 0.4) is 0 Å². The third-order valence-electron chi connectivity index (χ3n) is 5.74. The number of anilines is 1. The summed E-state index contributed by atoms with van der Waals surface area (Å²) in [6, 6.07) is 3.86. The number of carbonyl (C=O) groups is 4. The summed E-state index contributed by atoms with van der Waals surface area (Å²) in [6.07, 6.45) is 3.61. The summed E-state index contributed by atoms with van der Waals surface area (Å²) >= 11 is 0. The van der Waals surface area contributed by atoms with Gasteiger partial charge in [-0.05, 0) is 38.8 Å². The third kappa shape index (κ3) is 3.99. The van der Waals surface area contributed by atoms with Crippen LogP contribution >= 0.6 is 0 Å². The van der Waals surface area contributed by atoms with Crippen LogP contribution in [-0.4, -0.2) is 54.0 Å². The van der Waals surface area contributed by atoms with Gasteiger partial charge in [-0.15, -0.1) is 0 Å². The first-order chi connectivity index (χ1) is 14.9. The molecular weight excluding hydrogens is 404 g/mol. The van der Waals surface area contributed by atoms with Gasteiger partial charge in [-0.1, -0.05) is 12.2 Å². The van der Waals surface area contributed by atoms with Gasteiger partial charge < -0.3 is 19.5 Å². The number of likely N-dealkylation sites (tertiary alicyclic amines) is 1. The fourth-order valence-corrected chi connectivity index (χ4v) is 4.00. The van der Waals surface area contributed by atoms with Crippen LogP contribution in [0.25, 0.3) is 0 Å². The Bertz CT molecular complexity index is 931. The largest absolute Gasteiger partial charge is 0.486 e. The Morgan fingerprint density at radius 1 is 1.03 bits per heavy atom. The summed E-state index contributed by atoms with van der Waals surface area (Å²) in [4.78, 5) is 51.3. The lowest BCUT2D eigenvalue weighted by Gasteiger charge is -2.23. The molecule has 164 valence electrons. The summed E-state index contributed by atoms with van der Waals surface area (Å²) in [7, 11) is 0. The summed E-state index contributed by atoms with van der Waals surface area (Å²) < 4.78 is 16.2. The first-order valence-electron chi connectivity index (χ1n) is 10.3. The van der Waals surface area contributed by atoms with Gasteiger partial charge in [0.15, 0.2) is 17.6 Å². The summed E-state index contributed by atoms with van der Waals surface area (Å²) in [5, 5.41) is 2.66. The Balaban J connectivity index is 1.36. The van der Waals surface area contributed by atoms with Crippen molar-refractivity contribution in [3.05, 3.63) is 30.4 Å². The summed E-state index contributed by atoms with van der Waals surface area (Å²) in [6.45, 7) is 3.75. The van der Waals surface area contributed by atoms with E-state index in [1.54, 1.807) is 18.2 Å². The highest BCUT2D eigenvalue weighted by molar-refractivity contribution is 6.08. The van der Waals surface area contributed by atoms with Crippen molar-refractivity contribution in [1.29, 1.82) is 0 Å². The van der Waals surface area contributed by atoms with Gasteiger partial charge in [0.25, 0.3) is 5.91 Å². The number of allylic oxidation sites excluding steroid dienone is 2. The van der Waals surface area contributed by atoms with E-state index in [-0.39, 0.29) is 11.8 Å². The van der Waals surface area contributed by atoms with E-state index in [2.05, 4.69) is 5.32 Å². The maximum atomic E-state index is 12.6. The van der Waals surface area contributed by atoms with E-state index in [0.717, 1.165) is 4.90 Å². The average Bonchev–Trinajstić information content (AvgIpc) is 3.03. The van der Waals surface area contributed by atoms with Crippen molar-refractivity contribution in [3.8, 4) is 11.5 Å². The number of hydrogen-bond acceptors (Lipinski definition) is 7. The van der Waals surface area contributed by atoms with Crippen LogP contribution in [0, 0.1) is 11.8 Å². The Kier molecular flexibility index (Phi) is 5.67. The molecule has 9 heteroatoms. The van der Waals surface area contributed by atoms with Crippen molar-refractivity contribution < 1.29 is 33.4 Å². The van der Waals surface area contributed by atoms with E-state index in [1.807, 2.05) is 12.2 Å². The van der Waals surface area contributed by atoms with Gasteiger partial charge in [0, 0.05) is 11.8 Å². The predicted octanol–water partition coefficient (Wildman–Crippen LogP) is 1.67. The third-order valence-corrected chi connectivity index (χ3v) is 5.74. The molecule has 31 heavy (non-hydrogen) atoms. The van der Waals surface area contributed by atoms with E-state index >= 15 is 0 Å². The monoisotopic (exact) mass is 428 g/mol. The summed E-state index contributed by atoms with van der Waals surface area (Å²) in [5.74, 6) is -1.83. The summed E-state index contributed by atoms with van der Waals surface area (Å²) in [5.41, 5.74) is 0.465. The second-order valence-corrected chi connectivity index (χ2v) is 7.81. The van der Waals surface area contributed by atoms with Crippen molar-refractivity contribution in [2.24, 2.45) is 11.8 Å². The molecule has 0 radical (unpaired) electrons. The van der Waals surface area contributed by atoms with Crippen LogP contribution in [0.1, 0.15) is 26.7 Å². The number of fused-ring (bicyclic) bond motifs is 2. The van der Waals surface area contributed by atoms with E-state index in [9.17, 15) is 19.2 Å². The molecule has 0 unspecified atom stereocenters. The van der Waals surface area contributed by atoms with Crippen LogP contribution in [0.2, 0.25) is 0 Å². The maximum Gasteiger partial charge on any atom is 0.329 e. The lowest BCUT2D eigenvalue weighted by molar-refractivity contribution is -0.163. The van der Waals surface area contributed by atoms with Crippen LogP contribution in [0.15, 0.2) is 30.4 Å². The van der Waals surface area contributed by atoms with Gasteiger partial charge in [-0.25, -0.2) is 4.79 Å². The van der Waals surface area contributed by atoms with Crippen molar-refractivity contribution in [2.75, 3.05) is 18.5 Å². The van der Waals surface area contributed by atoms with Crippen LogP contribution in [0.4, 0.5) is 5.69 Å². The molecule has 4 rings (SSSR count). The van der Waals surface area contributed by atoms with Crippen LogP contribution < -0.4 is 14.8 Å². The number of ether oxygens (including phenoxy) is 3. The normalized spacial score (nSPS) is 23.7. The highest BCUT2D eigenvalue weighted by atomic mass is 16.6. The molecular formula is C22H24N2O7. The first-order valence-corrected chi connectivity index (χ1v) is 10.3.